The van der Waals surface area contributed by atoms with Crippen molar-refractivity contribution in [2.75, 3.05) is 18.0 Å². The molecule has 0 aliphatic carbocycles. The lowest BCUT2D eigenvalue weighted by Gasteiger charge is -2.22. The van der Waals surface area contributed by atoms with Crippen molar-refractivity contribution in [2.24, 2.45) is 5.92 Å². The van der Waals surface area contributed by atoms with Gasteiger partial charge in [0.1, 0.15) is 11.8 Å². The summed E-state index contributed by atoms with van der Waals surface area (Å²) in [5.74, 6) is 1.28. The second-order valence-electron chi connectivity index (χ2n) is 6.95. The Morgan fingerprint density at radius 3 is 2.16 bits per heavy atom. The summed E-state index contributed by atoms with van der Waals surface area (Å²) >= 11 is 0. The third-order valence-electron chi connectivity index (χ3n) is 4.41. The summed E-state index contributed by atoms with van der Waals surface area (Å²) in [7, 11) is 0. The molecule has 0 spiro atoms. The quantitative estimate of drug-likeness (QED) is 0.623. The van der Waals surface area contributed by atoms with Gasteiger partial charge in [-0.05, 0) is 18.8 Å². The number of anilines is 1. The highest BCUT2D eigenvalue weighted by Crippen LogP contribution is 2.35. The maximum Gasteiger partial charge on any atom is 0.226 e. The van der Waals surface area contributed by atoms with Gasteiger partial charge in [0.25, 0.3) is 0 Å². The monoisotopic (exact) mass is 344 g/mol. The molecule has 2 aromatic rings. The molecule has 0 bridgehead atoms. The van der Waals surface area contributed by atoms with Crippen LogP contribution in [-0.4, -0.2) is 23.2 Å². The summed E-state index contributed by atoms with van der Waals surface area (Å²) in [4.78, 5) is 6.97. The molecule has 2 rings (SSSR count). The number of rotatable bonds is 10. The first-order chi connectivity index (χ1) is 12.1. The fourth-order valence-electron chi connectivity index (χ4n) is 2.75. The van der Waals surface area contributed by atoms with E-state index in [2.05, 4.69) is 23.7 Å². The van der Waals surface area contributed by atoms with E-state index < -0.39 is 6.10 Å². The van der Waals surface area contributed by atoms with Gasteiger partial charge in [-0.15, -0.1) is 0 Å². The van der Waals surface area contributed by atoms with E-state index in [1.807, 2.05) is 44.2 Å². The van der Waals surface area contributed by atoms with E-state index >= 15 is 0 Å². The fourth-order valence-corrected chi connectivity index (χ4v) is 2.75. The Balaban J connectivity index is 2.44. The molecule has 0 radical (unpaired) electrons. The van der Waals surface area contributed by atoms with Crippen LogP contribution in [0.15, 0.2) is 34.7 Å². The van der Waals surface area contributed by atoms with E-state index in [0.29, 0.717) is 5.89 Å². The second kappa shape index (κ2) is 9.62. The van der Waals surface area contributed by atoms with Crippen LogP contribution in [0.25, 0.3) is 11.3 Å². The number of hydrogen-bond acceptors (Lipinski definition) is 4. The lowest BCUT2D eigenvalue weighted by Crippen LogP contribution is -2.25. The van der Waals surface area contributed by atoms with Gasteiger partial charge in [-0.1, -0.05) is 70.9 Å². The normalized spacial score (nSPS) is 12.6. The lowest BCUT2D eigenvalue weighted by atomic mass is 10.1. The van der Waals surface area contributed by atoms with Gasteiger partial charge >= 0.3 is 0 Å². The number of benzene rings is 1. The van der Waals surface area contributed by atoms with Gasteiger partial charge in [0.05, 0.1) is 0 Å². The maximum atomic E-state index is 10.4. The molecule has 1 N–H and O–H groups in total. The highest BCUT2D eigenvalue weighted by molar-refractivity contribution is 5.71. The molecular formula is C21H32N2O2. The van der Waals surface area contributed by atoms with Gasteiger partial charge in [0.2, 0.25) is 11.8 Å². The molecule has 25 heavy (non-hydrogen) atoms. The van der Waals surface area contributed by atoms with E-state index in [4.69, 9.17) is 4.42 Å². The van der Waals surface area contributed by atoms with Crippen LogP contribution in [0.2, 0.25) is 0 Å². The van der Waals surface area contributed by atoms with Gasteiger partial charge in [-0.2, -0.15) is 0 Å². The number of aromatic nitrogens is 1. The zero-order valence-corrected chi connectivity index (χ0v) is 16.0. The van der Waals surface area contributed by atoms with Crippen LogP contribution in [0.1, 0.15) is 65.4 Å². The number of hydrogen-bond donors (Lipinski definition) is 1. The molecule has 0 amide bonds. The molecule has 4 nitrogen and oxygen atoms in total. The summed E-state index contributed by atoms with van der Waals surface area (Å²) in [5, 5.41) is 10.4. The molecule has 0 saturated carbocycles. The first-order valence-electron chi connectivity index (χ1n) is 9.57. The molecule has 1 aromatic heterocycles. The van der Waals surface area contributed by atoms with Crippen LogP contribution < -0.4 is 4.90 Å². The molecule has 0 aliphatic rings. The zero-order valence-electron chi connectivity index (χ0n) is 16.0. The molecule has 1 aromatic carbocycles. The van der Waals surface area contributed by atoms with Crippen LogP contribution in [0.5, 0.6) is 0 Å². The topological polar surface area (TPSA) is 49.5 Å². The number of aliphatic hydroxyl groups is 1. The van der Waals surface area contributed by atoms with Gasteiger partial charge in [-0.3, -0.25) is 0 Å². The predicted octanol–water partition coefficient (Wildman–Crippen LogP) is 5.44. The summed E-state index contributed by atoms with van der Waals surface area (Å²) in [6, 6.07) is 10.1. The van der Waals surface area contributed by atoms with Crippen molar-refractivity contribution in [3.05, 3.63) is 36.2 Å². The Hall–Kier alpha value is -1.81. The maximum absolute atomic E-state index is 10.4. The Kier molecular flexibility index (Phi) is 7.51. The largest absolute Gasteiger partial charge is 0.422 e. The van der Waals surface area contributed by atoms with E-state index in [0.717, 1.165) is 55.9 Å². The second-order valence-corrected chi connectivity index (χ2v) is 6.95. The molecule has 1 atom stereocenters. The van der Waals surface area contributed by atoms with Crippen LogP contribution in [0.3, 0.4) is 0 Å². The van der Waals surface area contributed by atoms with Gasteiger partial charge in [0, 0.05) is 18.7 Å². The number of unbranched alkanes of at least 4 members (excludes halogenated alkanes) is 2. The summed E-state index contributed by atoms with van der Waals surface area (Å²) in [6.45, 7) is 10.2. The minimum Gasteiger partial charge on any atom is -0.422 e. The Morgan fingerprint density at radius 1 is 1.04 bits per heavy atom. The minimum absolute atomic E-state index is 0.0647. The molecule has 0 fully saturated rings. The van der Waals surface area contributed by atoms with Gasteiger partial charge < -0.3 is 14.4 Å². The lowest BCUT2D eigenvalue weighted by molar-refractivity contribution is 0.0974. The molecule has 1 heterocycles. The van der Waals surface area contributed by atoms with Gasteiger partial charge in [-0.25, -0.2) is 4.98 Å². The first kappa shape index (κ1) is 19.5. The standard InChI is InChI=1S/C21H32N2O2/c1-5-7-14-23(15-8-6-2)21-18(17-12-10-9-11-13-17)22-20(25-21)19(24)16(3)4/h9-13,16,19,24H,5-8,14-15H2,1-4H3. The molecule has 138 valence electrons. The summed E-state index contributed by atoms with van der Waals surface area (Å²) < 4.78 is 6.11. The number of nitrogens with zero attached hydrogens (tertiary/aromatic N) is 2. The van der Waals surface area contributed by atoms with Crippen molar-refractivity contribution in [3.8, 4) is 11.3 Å². The highest BCUT2D eigenvalue weighted by Gasteiger charge is 2.25. The Morgan fingerprint density at radius 2 is 1.64 bits per heavy atom. The molecule has 1 unspecified atom stereocenters. The third-order valence-corrected chi connectivity index (χ3v) is 4.41. The summed E-state index contributed by atoms with van der Waals surface area (Å²) in [6.07, 6.45) is 3.81. The average Bonchev–Trinajstić information content (AvgIpc) is 3.07. The first-order valence-corrected chi connectivity index (χ1v) is 9.57. The smallest absolute Gasteiger partial charge is 0.226 e. The number of aliphatic hydroxyl groups excluding tert-OH is 1. The minimum atomic E-state index is -0.685. The van der Waals surface area contributed by atoms with Crippen molar-refractivity contribution in [2.45, 2.75) is 59.5 Å². The van der Waals surface area contributed by atoms with Crippen LogP contribution >= 0.6 is 0 Å². The van der Waals surface area contributed by atoms with E-state index in [1.54, 1.807) is 0 Å². The zero-order chi connectivity index (χ0) is 18.2. The third kappa shape index (κ3) is 5.08. The van der Waals surface area contributed by atoms with Gasteiger partial charge in [0.15, 0.2) is 0 Å². The van der Waals surface area contributed by atoms with E-state index in [1.165, 1.54) is 0 Å². The van der Waals surface area contributed by atoms with Crippen LogP contribution in [-0.2, 0) is 0 Å². The molecule has 4 heteroatoms. The van der Waals surface area contributed by atoms with E-state index in [-0.39, 0.29) is 5.92 Å². The van der Waals surface area contributed by atoms with Crippen molar-refractivity contribution >= 4 is 5.88 Å². The van der Waals surface area contributed by atoms with E-state index in [9.17, 15) is 5.11 Å². The van der Waals surface area contributed by atoms with Crippen LogP contribution in [0.4, 0.5) is 5.88 Å². The van der Waals surface area contributed by atoms with Crippen LogP contribution in [0, 0.1) is 5.92 Å². The molecule has 0 saturated heterocycles. The number of oxazole rings is 1. The van der Waals surface area contributed by atoms with Crippen molar-refractivity contribution in [1.82, 2.24) is 4.98 Å². The SMILES string of the molecule is CCCCN(CCCC)c1oc(C(O)C(C)C)nc1-c1ccccc1. The molecular weight excluding hydrogens is 312 g/mol. The van der Waals surface area contributed by atoms with Crippen molar-refractivity contribution in [1.29, 1.82) is 0 Å². The molecule has 0 aliphatic heterocycles. The predicted molar refractivity (Wildman–Crippen MR) is 104 cm³/mol. The van der Waals surface area contributed by atoms with Crippen molar-refractivity contribution < 1.29 is 9.52 Å². The fraction of sp³-hybridized carbons (Fsp3) is 0.571. The van der Waals surface area contributed by atoms with Crippen molar-refractivity contribution in [3.63, 3.8) is 0 Å². The summed E-state index contributed by atoms with van der Waals surface area (Å²) in [5.41, 5.74) is 1.86. The Labute approximate surface area is 151 Å². The average molecular weight is 344 g/mol. The highest BCUT2D eigenvalue weighted by atomic mass is 16.4. The Bertz CT molecular complexity index is 614.